The minimum Gasteiger partial charge on any atom is -0.480 e. The topological polar surface area (TPSA) is 118 Å². The fourth-order valence-electron chi connectivity index (χ4n) is 2.49. The van der Waals surface area contributed by atoms with Crippen LogP contribution in [0.25, 0.3) is 0 Å². The van der Waals surface area contributed by atoms with Crippen LogP contribution in [-0.4, -0.2) is 35.1 Å². The summed E-state index contributed by atoms with van der Waals surface area (Å²) < 4.78 is 0. The molecule has 0 saturated heterocycles. The number of rotatable bonds is 7. The number of carboxylic acid groups (broad SMARTS) is 1. The molecule has 1 rings (SSSR count). The van der Waals surface area contributed by atoms with Crippen LogP contribution in [0.4, 0.5) is 0 Å². The van der Waals surface area contributed by atoms with Crippen LogP contribution in [0.3, 0.4) is 0 Å². The van der Waals surface area contributed by atoms with E-state index in [0.717, 1.165) is 25.7 Å². The zero-order valence-electron chi connectivity index (χ0n) is 11.4. The first-order valence-electron chi connectivity index (χ1n) is 6.97. The molecule has 0 aliphatic heterocycles. The lowest BCUT2D eigenvalue weighted by Gasteiger charge is -2.32. The molecular formula is C13H25N3O3. The number of carbonyl (C=O) groups is 2. The predicted octanol–water partition coefficient (Wildman–Crippen LogP) is 0.346. The van der Waals surface area contributed by atoms with Gasteiger partial charge in [-0.15, -0.1) is 0 Å². The largest absolute Gasteiger partial charge is 0.480 e. The van der Waals surface area contributed by atoms with Crippen molar-refractivity contribution in [2.45, 2.75) is 62.9 Å². The van der Waals surface area contributed by atoms with E-state index in [2.05, 4.69) is 5.32 Å². The van der Waals surface area contributed by atoms with Crippen molar-refractivity contribution in [1.29, 1.82) is 0 Å². The third-order valence-corrected chi connectivity index (χ3v) is 3.69. The van der Waals surface area contributed by atoms with Gasteiger partial charge in [0.05, 0.1) is 0 Å². The second kappa shape index (κ2) is 7.45. The van der Waals surface area contributed by atoms with Gasteiger partial charge in [-0.3, -0.25) is 9.59 Å². The average Bonchev–Trinajstić information content (AvgIpc) is 2.34. The molecule has 1 unspecified atom stereocenters. The molecule has 1 aliphatic carbocycles. The first kappa shape index (κ1) is 15.9. The molecule has 0 aromatic heterocycles. The molecule has 6 heteroatoms. The highest BCUT2D eigenvalue weighted by Gasteiger charge is 2.29. The van der Waals surface area contributed by atoms with Crippen molar-refractivity contribution >= 4 is 11.9 Å². The molecule has 1 fully saturated rings. The Morgan fingerprint density at radius 3 is 2.47 bits per heavy atom. The van der Waals surface area contributed by atoms with E-state index >= 15 is 0 Å². The molecule has 1 saturated carbocycles. The van der Waals surface area contributed by atoms with Crippen molar-refractivity contribution in [3.8, 4) is 0 Å². The Hall–Kier alpha value is -1.14. The van der Waals surface area contributed by atoms with Gasteiger partial charge in [0.2, 0.25) is 5.91 Å². The van der Waals surface area contributed by atoms with Crippen LogP contribution in [0, 0.1) is 0 Å². The lowest BCUT2D eigenvalue weighted by Crippen LogP contribution is -2.46. The van der Waals surface area contributed by atoms with E-state index < -0.39 is 12.0 Å². The molecule has 0 aromatic carbocycles. The zero-order valence-corrected chi connectivity index (χ0v) is 11.4. The molecule has 1 aliphatic rings. The Bertz CT molecular complexity index is 314. The lowest BCUT2D eigenvalue weighted by molar-refractivity contribution is -0.138. The van der Waals surface area contributed by atoms with Crippen LogP contribution in [0.1, 0.15) is 51.4 Å². The van der Waals surface area contributed by atoms with E-state index in [0.29, 0.717) is 25.8 Å². The van der Waals surface area contributed by atoms with Gasteiger partial charge in [-0.25, -0.2) is 0 Å². The molecule has 110 valence electrons. The van der Waals surface area contributed by atoms with Gasteiger partial charge in [0.25, 0.3) is 0 Å². The van der Waals surface area contributed by atoms with E-state index in [9.17, 15) is 9.59 Å². The van der Waals surface area contributed by atoms with Crippen molar-refractivity contribution in [2.24, 2.45) is 11.5 Å². The third kappa shape index (κ3) is 6.02. The Morgan fingerprint density at radius 1 is 1.26 bits per heavy atom. The Kier molecular flexibility index (Phi) is 6.24. The Morgan fingerprint density at radius 2 is 1.89 bits per heavy atom. The second-order valence-corrected chi connectivity index (χ2v) is 5.54. The first-order valence-corrected chi connectivity index (χ1v) is 6.97. The van der Waals surface area contributed by atoms with Crippen LogP contribution >= 0.6 is 0 Å². The fraction of sp³-hybridized carbons (Fsp3) is 0.846. The fourth-order valence-corrected chi connectivity index (χ4v) is 2.49. The second-order valence-electron chi connectivity index (χ2n) is 5.54. The Balaban J connectivity index is 2.15. The quantitative estimate of drug-likeness (QED) is 0.498. The molecule has 19 heavy (non-hydrogen) atoms. The molecule has 0 bridgehead atoms. The van der Waals surface area contributed by atoms with Crippen LogP contribution in [0.5, 0.6) is 0 Å². The minimum atomic E-state index is -1.01. The smallest absolute Gasteiger partial charge is 0.320 e. The summed E-state index contributed by atoms with van der Waals surface area (Å²) in [6, 6.07) is -0.851. The summed E-state index contributed by atoms with van der Waals surface area (Å²) in [5.41, 5.74) is 11.2. The van der Waals surface area contributed by atoms with Gasteiger partial charge < -0.3 is 21.9 Å². The van der Waals surface area contributed by atoms with Gasteiger partial charge in [0.1, 0.15) is 6.04 Å². The van der Waals surface area contributed by atoms with Crippen molar-refractivity contribution in [2.75, 3.05) is 6.54 Å². The molecule has 1 atom stereocenters. The maximum atomic E-state index is 11.8. The summed E-state index contributed by atoms with van der Waals surface area (Å²) in [5, 5.41) is 11.4. The SMILES string of the molecule is NC(CCCNC(=O)CC1(N)CCCCC1)C(=O)O. The molecule has 1 amide bonds. The maximum absolute atomic E-state index is 11.8. The number of hydrogen-bond donors (Lipinski definition) is 4. The minimum absolute atomic E-state index is 0.0479. The number of aliphatic carboxylic acids is 1. The van der Waals surface area contributed by atoms with Crippen LogP contribution < -0.4 is 16.8 Å². The number of amides is 1. The van der Waals surface area contributed by atoms with Gasteiger partial charge in [0, 0.05) is 18.5 Å². The van der Waals surface area contributed by atoms with E-state index in [-0.39, 0.29) is 11.4 Å². The monoisotopic (exact) mass is 271 g/mol. The molecule has 6 nitrogen and oxygen atoms in total. The third-order valence-electron chi connectivity index (χ3n) is 3.69. The zero-order chi connectivity index (χ0) is 14.3. The molecule has 0 spiro atoms. The summed E-state index contributed by atoms with van der Waals surface area (Å²) in [7, 11) is 0. The number of carboxylic acids is 1. The van der Waals surface area contributed by atoms with Crippen molar-refractivity contribution in [3.63, 3.8) is 0 Å². The highest BCUT2D eigenvalue weighted by atomic mass is 16.4. The van der Waals surface area contributed by atoms with Crippen molar-refractivity contribution < 1.29 is 14.7 Å². The predicted molar refractivity (Wildman–Crippen MR) is 72.5 cm³/mol. The molecule has 0 heterocycles. The molecule has 6 N–H and O–H groups in total. The van der Waals surface area contributed by atoms with Crippen LogP contribution in [-0.2, 0) is 9.59 Å². The van der Waals surface area contributed by atoms with E-state index in [1.54, 1.807) is 0 Å². The van der Waals surface area contributed by atoms with Gasteiger partial charge in [-0.05, 0) is 25.7 Å². The van der Waals surface area contributed by atoms with Gasteiger partial charge in [0.15, 0.2) is 0 Å². The van der Waals surface area contributed by atoms with Gasteiger partial charge in [-0.1, -0.05) is 19.3 Å². The summed E-state index contributed by atoms with van der Waals surface area (Å²) in [6.07, 6.45) is 6.49. The lowest BCUT2D eigenvalue weighted by atomic mass is 9.80. The van der Waals surface area contributed by atoms with Crippen molar-refractivity contribution in [1.82, 2.24) is 5.32 Å². The standard InChI is InChI=1S/C13H25N3O3/c14-10(12(18)19)5-4-8-16-11(17)9-13(15)6-2-1-3-7-13/h10H,1-9,14-15H2,(H,16,17)(H,18,19). The number of nitrogens with one attached hydrogen (secondary N) is 1. The Labute approximate surface area is 113 Å². The maximum Gasteiger partial charge on any atom is 0.320 e. The van der Waals surface area contributed by atoms with E-state index in [1.165, 1.54) is 6.42 Å². The molecular weight excluding hydrogens is 246 g/mol. The van der Waals surface area contributed by atoms with Gasteiger partial charge in [-0.2, -0.15) is 0 Å². The van der Waals surface area contributed by atoms with Crippen molar-refractivity contribution in [3.05, 3.63) is 0 Å². The summed E-state index contributed by atoms with van der Waals surface area (Å²) in [5.74, 6) is -1.05. The van der Waals surface area contributed by atoms with Gasteiger partial charge >= 0.3 is 5.97 Å². The van der Waals surface area contributed by atoms with E-state index in [1.807, 2.05) is 0 Å². The van der Waals surface area contributed by atoms with Crippen LogP contribution in [0.2, 0.25) is 0 Å². The highest BCUT2D eigenvalue weighted by molar-refractivity contribution is 5.77. The van der Waals surface area contributed by atoms with E-state index in [4.69, 9.17) is 16.6 Å². The molecule has 0 radical (unpaired) electrons. The summed E-state index contributed by atoms with van der Waals surface area (Å²) in [4.78, 5) is 22.3. The first-order chi connectivity index (χ1) is 8.93. The molecule has 0 aromatic rings. The number of hydrogen-bond acceptors (Lipinski definition) is 4. The number of nitrogens with two attached hydrogens (primary N) is 2. The number of carbonyl (C=O) groups excluding carboxylic acids is 1. The normalized spacial score (nSPS) is 19.7. The summed E-state index contributed by atoms with van der Waals surface area (Å²) >= 11 is 0. The summed E-state index contributed by atoms with van der Waals surface area (Å²) in [6.45, 7) is 0.454. The average molecular weight is 271 g/mol. The highest BCUT2D eigenvalue weighted by Crippen LogP contribution is 2.28. The van der Waals surface area contributed by atoms with Crippen LogP contribution in [0.15, 0.2) is 0 Å².